The second-order valence-electron chi connectivity index (χ2n) is 4.19. The molecule has 0 aliphatic heterocycles. The molecule has 1 atom stereocenters. The Morgan fingerprint density at radius 1 is 1.10 bits per heavy atom. The second kappa shape index (κ2) is 5.91. The van der Waals surface area contributed by atoms with E-state index in [1.165, 1.54) is 24.3 Å². The maximum absolute atomic E-state index is 13.6. The first-order valence-electron chi connectivity index (χ1n) is 5.75. The molecule has 1 N–H and O–H groups in total. The molecule has 0 saturated heterocycles. The van der Waals surface area contributed by atoms with Crippen LogP contribution in [0.25, 0.3) is 0 Å². The Balaban J connectivity index is 2.33. The van der Waals surface area contributed by atoms with Gasteiger partial charge in [0, 0.05) is 10.6 Å². The molecule has 2 aromatic carbocycles. The molecule has 0 bridgehead atoms. The Bertz CT molecular complexity index is 643. The minimum Gasteiger partial charge on any atom is -0.406 e. The highest BCUT2D eigenvalue weighted by atomic mass is 35.5. The first-order chi connectivity index (χ1) is 9.76. The number of rotatable bonds is 3. The summed E-state index contributed by atoms with van der Waals surface area (Å²) in [6, 6.07) is 8.26. The van der Waals surface area contributed by atoms with Crippen molar-refractivity contribution in [1.29, 1.82) is 0 Å². The molecule has 0 amide bonds. The fraction of sp³-hybridized carbons (Fsp3) is 0.143. The van der Waals surface area contributed by atoms with Crippen molar-refractivity contribution in [3.8, 4) is 5.75 Å². The summed E-state index contributed by atoms with van der Waals surface area (Å²) in [4.78, 5) is 0. The molecule has 0 aliphatic rings. The maximum atomic E-state index is 13.6. The van der Waals surface area contributed by atoms with Gasteiger partial charge in [-0.05, 0) is 35.9 Å². The molecule has 2 rings (SSSR count). The van der Waals surface area contributed by atoms with Gasteiger partial charge < -0.3 is 9.84 Å². The van der Waals surface area contributed by atoms with Gasteiger partial charge in [-0.2, -0.15) is 0 Å². The molecule has 0 aromatic heterocycles. The first-order valence-corrected chi connectivity index (χ1v) is 6.13. The van der Waals surface area contributed by atoms with Gasteiger partial charge in [0.2, 0.25) is 0 Å². The Labute approximate surface area is 122 Å². The topological polar surface area (TPSA) is 29.5 Å². The SMILES string of the molecule is OC(c1cccc(OC(F)(F)F)c1)c1cc(Cl)ccc1F. The van der Waals surface area contributed by atoms with Crippen LogP contribution in [-0.2, 0) is 0 Å². The van der Waals surface area contributed by atoms with Crippen LogP contribution < -0.4 is 4.74 Å². The van der Waals surface area contributed by atoms with Crippen molar-refractivity contribution < 1.29 is 27.4 Å². The average molecular weight is 321 g/mol. The standard InChI is InChI=1S/C14H9ClF4O2/c15-9-4-5-12(16)11(7-9)13(20)8-2-1-3-10(6-8)21-14(17,18)19/h1-7,13,20H. The summed E-state index contributed by atoms with van der Waals surface area (Å²) in [6.45, 7) is 0. The van der Waals surface area contributed by atoms with Crippen molar-refractivity contribution >= 4 is 11.6 Å². The van der Waals surface area contributed by atoms with Crippen LogP contribution in [0.15, 0.2) is 42.5 Å². The summed E-state index contributed by atoms with van der Waals surface area (Å²) in [6.07, 6.45) is -6.30. The Hall–Kier alpha value is -1.79. The zero-order valence-corrected chi connectivity index (χ0v) is 11.1. The monoisotopic (exact) mass is 320 g/mol. The summed E-state index contributed by atoms with van der Waals surface area (Å²) in [5, 5.41) is 10.3. The van der Waals surface area contributed by atoms with Gasteiger partial charge in [-0.1, -0.05) is 23.7 Å². The number of alkyl halides is 3. The quantitative estimate of drug-likeness (QED) is 0.846. The molecule has 21 heavy (non-hydrogen) atoms. The third-order valence-electron chi connectivity index (χ3n) is 2.66. The lowest BCUT2D eigenvalue weighted by Crippen LogP contribution is -2.17. The third-order valence-corrected chi connectivity index (χ3v) is 2.90. The van der Waals surface area contributed by atoms with Crippen molar-refractivity contribution in [2.75, 3.05) is 0 Å². The number of hydrogen-bond donors (Lipinski definition) is 1. The summed E-state index contributed by atoms with van der Waals surface area (Å²) in [7, 11) is 0. The van der Waals surface area contributed by atoms with Crippen LogP contribution in [0, 0.1) is 5.82 Å². The van der Waals surface area contributed by atoms with Crippen LogP contribution in [0.2, 0.25) is 5.02 Å². The van der Waals surface area contributed by atoms with Crippen LogP contribution in [-0.4, -0.2) is 11.5 Å². The van der Waals surface area contributed by atoms with Crippen LogP contribution in [0.4, 0.5) is 17.6 Å². The summed E-state index contributed by atoms with van der Waals surface area (Å²) >= 11 is 5.72. The molecular weight excluding hydrogens is 312 g/mol. The molecule has 0 heterocycles. The lowest BCUT2D eigenvalue weighted by molar-refractivity contribution is -0.274. The van der Waals surface area contributed by atoms with E-state index in [1.54, 1.807) is 0 Å². The molecule has 112 valence electrons. The molecule has 2 nitrogen and oxygen atoms in total. The van der Waals surface area contributed by atoms with Crippen LogP contribution >= 0.6 is 11.6 Å². The average Bonchev–Trinajstić information content (AvgIpc) is 2.39. The van der Waals surface area contributed by atoms with Gasteiger partial charge in [0.1, 0.15) is 17.7 Å². The summed E-state index contributed by atoms with van der Waals surface area (Å²) < 4.78 is 53.9. The van der Waals surface area contributed by atoms with Crippen molar-refractivity contribution in [3.05, 3.63) is 64.4 Å². The minimum absolute atomic E-state index is 0.0536. The van der Waals surface area contributed by atoms with Gasteiger partial charge in [-0.3, -0.25) is 0 Å². The van der Waals surface area contributed by atoms with Crippen molar-refractivity contribution in [2.45, 2.75) is 12.5 Å². The minimum atomic E-state index is -4.84. The van der Waals surface area contributed by atoms with Gasteiger partial charge in [-0.25, -0.2) is 4.39 Å². The van der Waals surface area contributed by atoms with Gasteiger partial charge >= 0.3 is 6.36 Å². The predicted molar refractivity (Wildman–Crippen MR) is 68.6 cm³/mol. The van der Waals surface area contributed by atoms with Gasteiger partial charge in [0.15, 0.2) is 0 Å². The van der Waals surface area contributed by atoms with E-state index < -0.39 is 24.0 Å². The number of hydrogen-bond acceptors (Lipinski definition) is 2. The van der Waals surface area contributed by atoms with E-state index in [-0.39, 0.29) is 16.1 Å². The van der Waals surface area contributed by atoms with Crippen LogP contribution in [0.3, 0.4) is 0 Å². The fourth-order valence-corrected chi connectivity index (χ4v) is 1.97. The van der Waals surface area contributed by atoms with Crippen molar-refractivity contribution in [2.24, 2.45) is 0 Å². The zero-order chi connectivity index (χ0) is 15.6. The second-order valence-corrected chi connectivity index (χ2v) is 4.63. The molecule has 2 aromatic rings. The predicted octanol–water partition coefficient (Wildman–Crippen LogP) is 4.46. The van der Waals surface area contributed by atoms with E-state index in [4.69, 9.17) is 11.6 Å². The van der Waals surface area contributed by atoms with Crippen molar-refractivity contribution in [1.82, 2.24) is 0 Å². The lowest BCUT2D eigenvalue weighted by atomic mass is 10.0. The molecule has 0 fully saturated rings. The maximum Gasteiger partial charge on any atom is 0.573 e. The molecule has 0 saturated carbocycles. The van der Waals surface area contributed by atoms with E-state index in [0.717, 1.165) is 18.2 Å². The van der Waals surface area contributed by atoms with Crippen LogP contribution in [0.1, 0.15) is 17.2 Å². The number of ether oxygens (including phenoxy) is 1. The van der Waals surface area contributed by atoms with Gasteiger partial charge in [0.25, 0.3) is 0 Å². The highest BCUT2D eigenvalue weighted by Gasteiger charge is 2.31. The van der Waals surface area contributed by atoms with E-state index in [2.05, 4.69) is 4.74 Å². The van der Waals surface area contributed by atoms with E-state index in [0.29, 0.717) is 0 Å². The number of halogens is 5. The molecule has 0 aliphatic carbocycles. The third kappa shape index (κ3) is 4.09. The first kappa shape index (κ1) is 15.6. The van der Waals surface area contributed by atoms with Crippen molar-refractivity contribution in [3.63, 3.8) is 0 Å². The smallest absolute Gasteiger partial charge is 0.406 e. The number of benzene rings is 2. The van der Waals surface area contributed by atoms with E-state index in [1.807, 2.05) is 0 Å². The van der Waals surface area contributed by atoms with E-state index >= 15 is 0 Å². The molecule has 0 radical (unpaired) electrons. The van der Waals surface area contributed by atoms with Gasteiger partial charge in [-0.15, -0.1) is 13.2 Å². The van der Waals surface area contributed by atoms with Gasteiger partial charge in [0.05, 0.1) is 0 Å². The Kier molecular flexibility index (Phi) is 4.39. The fourth-order valence-electron chi connectivity index (χ4n) is 1.79. The molecule has 1 unspecified atom stereocenters. The molecule has 0 spiro atoms. The lowest BCUT2D eigenvalue weighted by Gasteiger charge is -2.15. The van der Waals surface area contributed by atoms with E-state index in [9.17, 15) is 22.7 Å². The molecular formula is C14H9ClF4O2. The van der Waals surface area contributed by atoms with Crippen LogP contribution in [0.5, 0.6) is 5.75 Å². The zero-order valence-electron chi connectivity index (χ0n) is 10.4. The highest BCUT2D eigenvalue weighted by Crippen LogP contribution is 2.30. The Morgan fingerprint density at radius 2 is 1.81 bits per heavy atom. The summed E-state index contributed by atoms with van der Waals surface area (Å²) in [5.74, 6) is -1.21. The Morgan fingerprint density at radius 3 is 2.48 bits per heavy atom. The molecule has 7 heteroatoms. The number of aliphatic hydroxyl groups is 1. The highest BCUT2D eigenvalue weighted by molar-refractivity contribution is 6.30. The summed E-state index contributed by atoms with van der Waals surface area (Å²) in [5.41, 5.74) is -0.0791. The normalized spacial score (nSPS) is 13.0. The largest absolute Gasteiger partial charge is 0.573 e. The number of aliphatic hydroxyl groups excluding tert-OH is 1.